The van der Waals surface area contributed by atoms with Crippen LogP contribution >= 0.6 is 0 Å². The van der Waals surface area contributed by atoms with Crippen molar-refractivity contribution >= 4 is 29.1 Å². The molecule has 0 aliphatic carbocycles. The Morgan fingerprint density at radius 1 is 1.03 bits per heavy atom. The fraction of sp³-hybridized carbons (Fsp3) is 0.143. The van der Waals surface area contributed by atoms with Gasteiger partial charge in [0, 0.05) is 35.6 Å². The number of para-hydroxylation sites is 1. The average Bonchev–Trinajstić information content (AvgIpc) is 2.99. The molecule has 0 fully saturated rings. The van der Waals surface area contributed by atoms with Crippen LogP contribution in [-0.4, -0.2) is 28.8 Å². The van der Waals surface area contributed by atoms with E-state index < -0.39 is 0 Å². The molecule has 0 bridgehead atoms. The van der Waals surface area contributed by atoms with Gasteiger partial charge in [-0.2, -0.15) is 0 Å². The van der Waals surface area contributed by atoms with E-state index >= 15 is 0 Å². The number of fused-ring (bicyclic) bond motifs is 3. The maximum atomic E-state index is 13.2. The van der Waals surface area contributed by atoms with Gasteiger partial charge >= 0.3 is 0 Å². The summed E-state index contributed by atoms with van der Waals surface area (Å²) in [4.78, 5) is 36.0. The molecular formula is C28H24FN5O2. The number of carbonyl (C=O) groups is 2. The van der Waals surface area contributed by atoms with Crippen LogP contribution in [0.1, 0.15) is 34.5 Å². The highest BCUT2D eigenvalue weighted by Crippen LogP contribution is 2.35. The number of halogens is 1. The highest BCUT2D eigenvalue weighted by atomic mass is 19.1. The summed E-state index contributed by atoms with van der Waals surface area (Å²) in [7, 11) is 1.76. The van der Waals surface area contributed by atoms with Crippen molar-refractivity contribution in [2.24, 2.45) is 0 Å². The van der Waals surface area contributed by atoms with E-state index in [1.165, 1.54) is 12.1 Å². The number of anilines is 3. The Hall–Kier alpha value is -4.59. The molecule has 36 heavy (non-hydrogen) atoms. The van der Waals surface area contributed by atoms with Crippen molar-refractivity contribution in [1.29, 1.82) is 0 Å². The number of nitrogens with zero attached hydrogens (tertiary/aromatic N) is 3. The van der Waals surface area contributed by atoms with Gasteiger partial charge in [-0.3, -0.25) is 9.59 Å². The van der Waals surface area contributed by atoms with E-state index in [9.17, 15) is 14.0 Å². The number of hydrogen-bond donors (Lipinski definition) is 2. The fourth-order valence-corrected chi connectivity index (χ4v) is 4.16. The Kier molecular flexibility index (Phi) is 6.16. The van der Waals surface area contributed by atoms with Crippen LogP contribution in [0.5, 0.6) is 0 Å². The summed E-state index contributed by atoms with van der Waals surface area (Å²) in [5.74, 6) is -0.176. The molecule has 2 heterocycles. The molecule has 1 atom stereocenters. The van der Waals surface area contributed by atoms with Gasteiger partial charge < -0.3 is 15.5 Å². The van der Waals surface area contributed by atoms with Crippen LogP contribution in [-0.2, 0) is 11.2 Å². The topological polar surface area (TPSA) is 87.2 Å². The fourth-order valence-electron chi connectivity index (χ4n) is 4.16. The lowest BCUT2D eigenvalue weighted by Crippen LogP contribution is -2.26. The normalized spacial score (nSPS) is 13.3. The Morgan fingerprint density at radius 3 is 2.50 bits per heavy atom. The second kappa shape index (κ2) is 9.58. The first-order valence-electron chi connectivity index (χ1n) is 11.5. The summed E-state index contributed by atoms with van der Waals surface area (Å²) < 4.78 is 13.2. The van der Waals surface area contributed by atoms with Gasteiger partial charge in [-0.25, -0.2) is 14.4 Å². The number of nitrogens with one attached hydrogen (secondary N) is 2. The molecule has 0 spiro atoms. The molecule has 2 N–H and O–H groups in total. The Balaban J connectivity index is 1.32. The lowest BCUT2D eigenvalue weighted by Gasteiger charge is -2.17. The highest BCUT2D eigenvalue weighted by Gasteiger charge is 2.24. The molecule has 1 aliphatic heterocycles. The molecule has 2 amide bonds. The summed E-state index contributed by atoms with van der Waals surface area (Å²) in [6.07, 6.45) is 1.90. The van der Waals surface area contributed by atoms with Crippen LogP contribution in [0.15, 0.2) is 79.0 Å². The molecule has 1 unspecified atom stereocenters. The van der Waals surface area contributed by atoms with Gasteiger partial charge in [0.15, 0.2) is 0 Å². The van der Waals surface area contributed by atoms with Gasteiger partial charge in [0.1, 0.15) is 5.82 Å². The maximum Gasteiger partial charge on any atom is 0.251 e. The number of hydrogen-bond acceptors (Lipinski definition) is 5. The van der Waals surface area contributed by atoms with Crippen molar-refractivity contribution in [3.63, 3.8) is 0 Å². The van der Waals surface area contributed by atoms with Crippen molar-refractivity contribution in [1.82, 2.24) is 15.3 Å². The van der Waals surface area contributed by atoms with E-state index in [-0.39, 0.29) is 30.1 Å². The molecule has 3 aromatic carbocycles. The lowest BCUT2D eigenvalue weighted by atomic mass is 10.1. The second-order valence-electron chi connectivity index (χ2n) is 8.66. The standard InChI is InChI=1S/C28H24FN5O2/c1-17(18-7-11-21(29)12-8-18)31-27(36)19-9-13-22(14-10-19)32-28-30-16-20-15-25(35)34(2)24-6-4-3-5-23(24)26(20)33-28/h3-14,16-17H,15H2,1-2H3,(H,31,36)(H,30,32,33). The largest absolute Gasteiger partial charge is 0.346 e. The second-order valence-corrected chi connectivity index (χ2v) is 8.66. The van der Waals surface area contributed by atoms with E-state index in [2.05, 4.69) is 15.6 Å². The summed E-state index contributed by atoms with van der Waals surface area (Å²) >= 11 is 0. The van der Waals surface area contributed by atoms with Crippen LogP contribution in [0.3, 0.4) is 0 Å². The van der Waals surface area contributed by atoms with E-state index in [1.54, 1.807) is 54.5 Å². The van der Waals surface area contributed by atoms with E-state index in [1.807, 2.05) is 31.2 Å². The molecule has 180 valence electrons. The Morgan fingerprint density at radius 2 is 1.75 bits per heavy atom. The predicted octanol–water partition coefficient (Wildman–Crippen LogP) is 5.04. The van der Waals surface area contributed by atoms with Gasteiger partial charge in [-0.15, -0.1) is 0 Å². The first kappa shape index (κ1) is 23.2. The molecule has 0 saturated heterocycles. The molecule has 4 aromatic rings. The molecule has 7 nitrogen and oxygen atoms in total. The Labute approximate surface area is 208 Å². The highest BCUT2D eigenvalue weighted by molar-refractivity contribution is 6.01. The van der Waals surface area contributed by atoms with E-state index in [0.717, 1.165) is 22.4 Å². The summed E-state index contributed by atoms with van der Waals surface area (Å²) in [5.41, 5.74) is 5.18. The zero-order valence-corrected chi connectivity index (χ0v) is 19.8. The van der Waals surface area contributed by atoms with Crippen molar-refractivity contribution in [3.05, 3.63) is 102 Å². The van der Waals surface area contributed by atoms with Crippen LogP contribution in [0.25, 0.3) is 11.3 Å². The van der Waals surface area contributed by atoms with Gasteiger partial charge in [-0.1, -0.05) is 30.3 Å². The summed E-state index contributed by atoms with van der Waals surface area (Å²) in [6.45, 7) is 1.85. The first-order chi connectivity index (χ1) is 17.4. The van der Waals surface area contributed by atoms with Gasteiger partial charge in [0.25, 0.3) is 5.91 Å². The van der Waals surface area contributed by atoms with E-state index in [4.69, 9.17) is 4.98 Å². The van der Waals surface area contributed by atoms with Crippen molar-refractivity contribution in [2.45, 2.75) is 19.4 Å². The summed E-state index contributed by atoms with van der Waals surface area (Å²) in [5, 5.41) is 6.10. The monoisotopic (exact) mass is 481 g/mol. The van der Waals surface area contributed by atoms with Crippen LogP contribution < -0.4 is 15.5 Å². The van der Waals surface area contributed by atoms with Gasteiger partial charge in [0.05, 0.1) is 23.8 Å². The van der Waals surface area contributed by atoms with Gasteiger partial charge in [0.2, 0.25) is 11.9 Å². The molecule has 1 aromatic heterocycles. The average molecular weight is 482 g/mol. The van der Waals surface area contributed by atoms with Crippen LogP contribution in [0, 0.1) is 5.82 Å². The third-order valence-corrected chi connectivity index (χ3v) is 6.22. The Bertz CT molecular complexity index is 1440. The predicted molar refractivity (Wildman–Crippen MR) is 137 cm³/mol. The number of aromatic nitrogens is 2. The molecule has 0 saturated carbocycles. The molecule has 8 heteroatoms. The van der Waals surface area contributed by atoms with Crippen molar-refractivity contribution < 1.29 is 14.0 Å². The van der Waals surface area contributed by atoms with Crippen molar-refractivity contribution in [2.75, 3.05) is 17.3 Å². The number of carbonyl (C=O) groups excluding carboxylic acids is 2. The molecular weight excluding hydrogens is 457 g/mol. The number of amides is 2. The van der Waals surface area contributed by atoms with E-state index in [0.29, 0.717) is 22.9 Å². The number of rotatable bonds is 5. The smallest absolute Gasteiger partial charge is 0.251 e. The SMILES string of the molecule is CC(NC(=O)c1ccc(Nc2ncc3c(n2)-c2ccccc2N(C)C(=O)C3)cc1)c1ccc(F)cc1. The van der Waals surface area contributed by atoms with Crippen molar-refractivity contribution in [3.8, 4) is 11.3 Å². The molecule has 0 radical (unpaired) electrons. The quantitative estimate of drug-likeness (QED) is 0.417. The maximum absolute atomic E-state index is 13.2. The summed E-state index contributed by atoms with van der Waals surface area (Å²) in [6, 6.07) is 20.4. The molecule has 5 rings (SSSR count). The minimum Gasteiger partial charge on any atom is -0.346 e. The third kappa shape index (κ3) is 4.65. The van der Waals surface area contributed by atoms with Crippen LogP contribution in [0.2, 0.25) is 0 Å². The first-order valence-corrected chi connectivity index (χ1v) is 11.5. The number of benzene rings is 3. The van der Waals surface area contributed by atoms with Gasteiger partial charge in [-0.05, 0) is 55.0 Å². The molecule has 1 aliphatic rings. The lowest BCUT2D eigenvalue weighted by molar-refractivity contribution is -0.117. The minimum atomic E-state index is -0.316. The minimum absolute atomic E-state index is 0.0203. The third-order valence-electron chi connectivity index (χ3n) is 6.22. The zero-order valence-electron chi connectivity index (χ0n) is 19.8. The number of likely N-dealkylation sites (N-methyl/N-ethyl adjacent to an activating group) is 1. The van der Waals surface area contributed by atoms with Crippen LogP contribution in [0.4, 0.5) is 21.7 Å². The zero-order chi connectivity index (χ0) is 25.2.